The van der Waals surface area contributed by atoms with Gasteiger partial charge < -0.3 is 19.9 Å². The zero-order valence-corrected chi connectivity index (χ0v) is 16.8. The Balaban J connectivity index is 2.47. The molecule has 0 atom stereocenters. The molecule has 162 valence electrons. The van der Waals surface area contributed by atoms with E-state index in [0.29, 0.717) is 6.07 Å². The average molecular weight is 425 g/mol. The van der Waals surface area contributed by atoms with Gasteiger partial charge in [-0.3, -0.25) is 4.79 Å². The van der Waals surface area contributed by atoms with Crippen molar-refractivity contribution in [3.05, 3.63) is 53.1 Å². The smallest absolute Gasteiger partial charge is 0.420 e. The molecule has 9 heteroatoms. The minimum Gasteiger partial charge on any atom is -0.487 e. The lowest BCUT2D eigenvalue weighted by atomic mass is 10.1. The number of carbonyl (C=O) groups is 2. The van der Waals surface area contributed by atoms with E-state index >= 15 is 0 Å². The first-order chi connectivity index (χ1) is 13.9. The van der Waals surface area contributed by atoms with Gasteiger partial charge in [0.1, 0.15) is 5.56 Å². The van der Waals surface area contributed by atoms with Gasteiger partial charge in [-0.2, -0.15) is 13.2 Å². The van der Waals surface area contributed by atoms with Gasteiger partial charge in [0.15, 0.2) is 11.5 Å². The van der Waals surface area contributed by atoms with E-state index in [1.807, 2.05) is 0 Å². The van der Waals surface area contributed by atoms with Crippen molar-refractivity contribution in [1.82, 2.24) is 0 Å². The van der Waals surface area contributed by atoms with Crippen LogP contribution in [0.4, 0.5) is 18.9 Å². The molecule has 2 rings (SSSR count). The SMILES string of the molecule is CC(C)Oc1cc(C(=O)Nc2ccc(C(=O)O)cc2)cc(C(F)(F)F)c1OC(C)C. The number of rotatable bonds is 7. The number of anilines is 1. The van der Waals surface area contributed by atoms with E-state index in [0.717, 1.165) is 0 Å². The molecule has 30 heavy (non-hydrogen) atoms. The highest BCUT2D eigenvalue weighted by Crippen LogP contribution is 2.43. The Kier molecular flexibility index (Phi) is 6.96. The minimum absolute atomic E-state index is 0.00941. The molecule has 0 saturated carbocycles. The van der Waals surface area contributed by atoms with Crippen molar-refractivity contribution in [2.45, 2.75) is 46.1 Å². The topological polar surface area (TPSA) is 84.9 Å². The predicted octanol–water partition coefficient (Wildman–Crippen LogP) is 5.23. The average Bonchev–Trinajstić information content (AvgIpc) is 2.61. The van der Waals surface area contributed by atoms with Crippen molar-refractivity contribution in [3.63, 3.8) is 0 Å². The van der Waals surface area contributed by atoms with Crippen LogP contribution in [-0.4, -0.2) is 29.2 Å². The fourth-order valence-electron chi connectivity index (χ4n) is 2.54. The molecule has 0 radical (unpaired) electrons. The van der Waals surface area contributed by atoms with Crippen molar-refractivity contribution in [2.24, 2.45) is 0 Å². The summed E-state index contributed by atoms with van der Waals surface area (Å²) < 4.78 is 51.9. The summed E-state index contributed by atoms with van der Waals surface area (Å²) in [5.41, 5.74) is -1.17. The molecule has 0 heterocycles. The van der Waals surface area contributed by atoms with Gasteiger partial charge in [-0.15, -0.1) is 0 Å². The molecule has 0 fully saturated rings. The van der Waals surface area contributed by atoms with Crippen LogP contribution in [0.1, 0.15) is 54.0 Å². The third-order valence-electron chi connectivity index (χ3n) is 3.73. The highest BCUT2D eigenvalue weighted by Gasteiger charge is 2.38. The highest BCUT2D eigenvalue weighted by molar-refractivity contribution is 6.05. The summed E-state index contributed by atoms with van der Waals surface area (Å²) in [6.45, 7) is 6.45. The Morgan fingerprint density at radius 3 is 1.97 bits per heavy atom. The Hall–Kier alpha value is -3.23. The van der Waals surface area contributed by atoms with Crippen LogP contribution in [0.2, 0.25) is 0 Å². The fraction of sp³-hybridized carbons (Fsp3) is 0.333. The first kappa shape index (κ1) is 23.1. The number of carboxylic acid groups (broad SMARTS) is 1. The molecule has 6 nitrogen and oxygen atoms in total. The lowest BCUT2D eigenvalue weighted by molar-refractivity contribution is -0.139. The quantitative estimate of drug-likeness (QED) is 0.635. The number of amides is 1. The van der Waals surface area contributed by atoms with Gasteiger partial charge in [0.25, 0.3) is 5.91 Å². The second kappa shape index (κ2) is 9.06. The maximum Gasteiger partial charge on any atom is 0.420 e. The standard InChI is InChI=1S/C21H22F3NO5/c1-11(2)29-17-10-14(9-16(21(22,23)24)18(17)30-12(3)4)19(26)25-15-7-5-13(6-8-15)20(27)28/h5-12H,1-4H3,(H,25,26)(H,27,28). The van der Waals surface area contributed by atoms with Crippen molar-refractivity contribution < 1.29 is 37.3 Å². The summed E-state index contributed by atoms with van der Waals surface area (Å²) in [7, 11) is 0. The van der Waals surface area contributed by atoms with Gasteiger partial charge in [0, 0.05) is 11.3 Å². The first-order valence-corrected chi connectivity index (χ1v) is 9.11. The highest BCUT2D eigenvalue weighted by atomic mass is 19.4. The molecule has 2 aromatic carbocycles. The molecular formula is C21H22F3NO5. The molecule has 2 N–H and O–H groups in total. The molecule has 0 saturated heterocycles. The Bertz CT molecular complexity index is 921. The lowest BCUT2D eigenvalue weighted by Crippen LogP contribution is -2.19. The second-order valence-corrected chi connectivity index (χ2v) is 7.02. The van der Waals surface area contributed by atoms with Crippen LogP contribution in [0.3, 0.4) is 0 Å². The van der Waals surface area contributed by atoms with E-state index < -0.39 is 41.6 Å². The summed E-state index contributed by atoms with van der Waals surface area (Å²) in [4.78, 5) is 23.5. The molecule has 0 aliphatic heterocycles. The summed E-state index contributed by atoms with van der Waals surface area (Å²) >= 11 is 0. The number of benzene rings is 2. The van der Waals surface area contributed by atoms with Gasteiger partial charge in [-0.1, -0.05) is 0 Å². The molecule has 0 aliphatic rings. The van der Waals surface area contributed by atoms with E-state index in [-0.39, 0.29) is 22.6 Å². The number of hydrogen-bond acceptors (Lipinski definition) is 4. The van der Waals surface area contributed by atoms with Crippen molar-refractivity contribution in [2.75, 3.05) is 5.32 Å². The van der Waals surface area contributed by atoms with E-state index in [1.165, 1.54) is 30.3 Å². The molecule has 0 aromatic heterocycles. The van der Waals surface area contributed by atoms with Crippen LogP contribution in [0.25, 0.3) is 0 Å². The molecular weight excluding hydrogens is 403 g/mol. The van der Waals surface area contributed by atoms with Crippen molar-refractivity contribution in [1.29, 1.82) is 0 Å². The molecule has 0 spiro atoms. The van der Waals surface area contributed by atoms with Gasteiger partial charge in [0.2, 0.25) is 0 Å². The minimum atomic E-state index is -4.78. The van der Waals surface area contributed by atoms with Crippen LogP contribution in [0, 0.1) is 0 Å². The van der Waals surface area contributed by atoms with Gasteiger partial charge in [0.05, 0.1) is 17.8 Å². The van der Waals surface area contributed by atoms with E-state index in [1.54, 1.807) is 27.7 Å². The monoisotopic (exact) mass is 425 g/mol. The van der Waals surface area contributed by atoms with E-state index in [9.17, 15) is 22.8 Å². The van der Waals surface area contributed by atoms with Gasteiger partial charge >= 0.3 is 12.1 Å². The number of alkyl halides is 3. The zero-order valence-electron chi connectivity index (χ0n) is 16.8. The van der Waals surface area contributed by atoms with Crippen LogP contribution in [0.15, 0.2) is 36.4 Å². The van der Waals surface area contributed by atoms with Crippen molar-refractivity contribution >= 4 is 17.6 Å². The number of nitrogens with one attached hydrogen (secondary N) is 1. The van der Waals surface area contributed by atoms with Crippen LogP contribution in [0.5, 0.6) is 11.5 Å². The molecule has 2 aromatic rings. The maximum absolute atomic E-state index is 13.7. The van der Waals surface area contributed by atoms with Gasteiger partial charge in [-0.25, -0.2) is 4.79 Å². The summed E-state index contributed by atoms with van der Waals surface area (Å²) in [5.74, 6) is -2.62. The number of ether oxygens (including phenoxy) is 2. The Labute approximate surface area is 171 Å². The molecule has 1 amide bonds. The third kappa shape index (κ3) is 5.88. The maximum atomic E-state index is 13.7. The molecule has 0 aliphatic carbocycles. The van der Waals surface area contributed by atoms with E-state index in [4.69, 9.17) is 14.6 Å². The predicted molar refractivity (Wildman–Crippen MR) is 104 cm³/mol. The fourth-order valence-corrected chi connectivity index (χ4v) is 2.54. The number of hydrogen-bond donors (Lipinski definition) is 2. The first-order valence-electron chi connectivity index (χ1n) is 9.11. The second-order valence-electron chi connectivity index (χ2n) is 7.02. The number of carboxylic acids is 1. The van der Waals surface area contributed by atoms with Gasteiger partial charge in [-0.05, 0) is 64.1 Å². The third-order valence-corrected chi connectivity index (χ3v) is 3.73. The van der Waals surface area contributed by atoms with Crippen LogP contribution in [-0.2, 0) is 6.18 Å². The number of halogens is 3. The Morgan fingerprint density at radius 1 is 0.933 bits per heavy atom. The van der Waals surface area contributed by atoms with Crippen molar-refractivity contribution in [3.8, 4) is 11.5 Å². The molecule has 0 unspecified atom stereocenters. The summed E-state index contributed by atoms with van der Waals surface area (Å²) in [6.07, 6.45) is -5.78. The zero-order chi connectivity index (χ0) is 22.6. The van der Waals surface area contributed by atoms with E-state index in [2.05, 4.69) is 5.32 Å². The normalized spacial score (nSPS) is 11.5. The molecule has 0 bridgehead atoms. The Morgan fingerprint density at radius 2 is 1.50 bits per heavy atom. The summed E-state index contributed by atoms with van der Waals surface area (Å²) in [5, 5.41) is 11.4. The largest absolute Gasteiger partial charge is 0.487 e. The number of carbonyl (C=O) groups excluding carboxylic acids is 1. The van der Waals surface area contributed by atoms with Crippen LogP contribution >= 0.6 is 0 Å². The summed E-state index contributed by atoms with van der Waals surface area (Å²) in [6, 6.07) is 7.11. The number of aromatic carboxylic acids is 1. The lowest BCUT2D eigenvalue weighted by Gasteiger charge is -2.22. The van der Waals surface area contributed by atoms with Crippen LogP contribution < -0.4 is 14.8 Å².